The zero-order chi connectivity index (χ0) is 12.0. The molecular formula is C10H16N2O4. The van der Waals surface area contributed by atoms with Crippen LogP contribution in [0.3, 0.4) is 0 Å². The van der Waals surface area contributed by atoms with Crippen LogP contribution in [0, 0.1) is 0 Å². The lowest BCUT2D eigenvalue weighted by Gasteiger charge is -2.10. The number of amides is 2. The molecule has 6 nitrogen and oxygen atoms in total. The van der Waals surface area contributed by atoms with Gasteiger partial charge in [-0.25, -0.2) is 0 Å². The molecule has 1 saturated heterocycles. The predicted molar refractivity (Wildman–Crippen MR) is 55.7 cm³/mol. The van der Waals surface area contributed by atoms with Gasteiger partial charge in [-0.2, -0.15) is 0 Å². The molecular weight excluding hydrogens is 212 g/mol. The zero-order valence-corrected chi connectivity index (χ0v) is 8.99. The van der Waals surface area contributed by atoms with Crippen LogP contribution in [0.2, 0.25) is 0 Å². The molecule has 0 saturated carbocycles. The lowest BCUT2D eigenvalue weighted by molar-refractivity contribution is -0.137. The van der Waals surface area contributed by atoms with Crippen molar-refractivity contribution in [3.05, 3.63) is 0 Å². The fraction of sp³-hybridized carbons (Fsp3) is 0.700. The van der Waals surface area contributed by atoms with Crippen LogP contribution in [0.1, 0.15) is 32.1 Å². The Morgan fingerprint density at radius 2 is 2.19 bits per heavy atom. The number of rotatable bonds is 6. The van der Waals surface area contributed by atoms with Crippen LogP contribution in [0.25, 0.3) is 0 Å². The number of carbonyl (C=O) groups is 3. The maximum absolute atomic E-state index is 11.2. The van der Waals surface area contributed by atoms with Gasteiger partial charge in [-0.1, -0.05) is 0 Å². The molecule has 0 bridgehead atoms. The minimum atomic E-state index is -0.893. The highest BCUT2D eigenvalue weighted by Crippen LogP contribution is 2.05. The molecule has 1 aliphatic heterocycles. The third-order valence-corrected chi connectivity index (χ3v) is 2.43. The minimum absolute atomic E-state index is 0.00752. The van der Waals surface area contributed by atoms with E-state index in [1.54, 1.807) is 0 Å². The van der Waals surface area contributed by atoms with E-state index >= 15 is 0 Å². The van der Waals surface area contributed by atoms with Gasteiger partial charge in [-0.15, -0.1) is 0 Å². The van der Waals surface area contributed by atoms with Gasteiger partial charge in [0.05, 0.1) is 0 Å². The molecule has 3 N–H and O–H groups in total. The smallest absolute Gasteiger partial charge is 0.303 e. The van der Waals surface area contributed by atoms with E-state index in [-0.39, 0.29) is 30.7 Å². The summed E-state index contributed by atoms with van der Waals surface area (Å²) < 4.78 is 0. The van der Waals surface area contributed by atoms with Crippen molar-refractivity contribution in [1.29, 1.82) is 0 Å². The Morgan fingerprint density at radius 3 is 2.75 bits per heavy atom. The van der Waals surface area contributed by atoms with E-state index in [0.717, 1.165) is 6.42 Å². The highest BCUT2D eigenvalue weighted by atomic mass is 16.4. The first kappa shape index (κ1) is 12.5. The topological polar surface area (TPSA) is 95.5 Å². The van der Waals surface area contributed by atoms with Gasteiger partial charge < -0.3 is 15.7 Å². The number of nitrogens with one attached hydrogen (secondary N) is 2. The summed E-state index contributed by atoms with van der Waals surface area (Å²) in [6, 6.07) is 0.0240. The van der Waals surface area contributed by atoms with E-state index in [9.17, 15) is 14.4 Å². The first-order valence-corrected chi connectivity index (χ1v) is 5.36. The van der Waals surface area contributed by atoms with Crippen LogP contribution in [0.15, 0.2) is 0 Å². The van der Waals surface area contributed by atoms with Crippen LogP contribution < -0.4 is 10.6 Å². The first-order chi connectivity index (χ1) is 7.58. The molecule has 0 spiro atoms. The Labute approximate surface area is 93.4 Å². The molecule has 1 aliphatic rings. The molecule has 1 atom stereocenters. The summed E-state index contributed by atoms with van der Waals surface area (Å²) in [5.41, 5.74) is 0. The quantitative estimate of drug-likeness (QED) is 0.578. The van der Waals surface area contributed by atoms with Crippen molar-refractivity contribution in [2.24, 2.45) is 0 Å². The van der Waals surface area contributed by atoms with E-state index in [1.165, 1.54) is 0 Å². The Balaban J connectivity index is 2.06. The van der Waals surface area contributed by atoms with Crippen molar-refractivity contribution in [2.45, 2.75) is 38.1 Å². The summed E-state index contributed by atoms with van der Waals surface area (Å²) >= 11 is 0. The van der Waals surface area contributed by atoms with E-state index in [0.29, 0.717) is 19.4 Å². The Kier molecular flexibility index (Phi) is 4.75. The van der Waals surface area contributed by atoms with Gasteiger partial charge in [0.15, 0.2) is 0 Å². The molecule has 1 rings (SSSR count). The normalized spacial score (nSPS) is 19.2. The molecule has 1 fully saturated rings. The Bertz CT molecular complexity index is 291. The van der Waals surface area contributed by atoms with Gasteiger partial charge in [0, 0.05) is 31.8 Å². The number of carboxylic acid groups (broad SMARTS) is 1. The van der Waals surface area contributed by atoms with Gasteiger partial charge in [0.25, 0.3) is 0 Å². The number of aliphatic carboxylic acids is 1. The molecule has 0 aromatic rings. The van der Waals surface area contributed by atoms with Gasteiger partial charge in [-0.05, 0) is 12.8 Å². The molecule has 0 aliphatic carbocycles. The van der Waals surface area contributed by atoms with E-state index < -0.39 is 5.97 Å². The maximum atomic E-state index is 11.2. The summed E-state index contributed by atoms with van der Waals surface area (Å²) in [5, 5.41) is 13.8. The van der Waals surface area contributed by atoms with E-state index in [4.69, 9.17) is 5.11 Å². The van der Waals surface area contributed by atoms with Gasteiger partial charge in [0.2, 0.25) is 11.8 Å². The minimum Gasteiger partial charge on any atom is -0.481 e. The van der Waals surface area contributed by atoms with Crippen molar-refractivity contribution in [3.63, 3.8) is 0 Å². The average Bonchev–Trinajstić information content (AvgIpc) is 2.61. The summed E-state index contributed by atoms with van der Waals surface area (Å²) in [6.45, 7) is 0.428. The van der Waals surface area contributed by atoms with Gasteiger partial charge >= 0.3 is 5.97 Å². The van der Waals surface area contributed by atoms with Crippen LogP contribution in [0.4, 0.5) is 0 Å². The second-order valence-electron chi connectivity index (χ2n) is 3.85. The van der Waals surface area contributed by atoms with Crippen molar-refractivity contribution in [2.75, 3.05) is 6.54 Å². The van der Waals surface area contributed by atoms with E-state index in [1.807, 2.05) is 0 Å². The molecule has 2 amide bonds. The molecule has 1 unspecified atom stereocenters. The van der Waals surface area contributed by atoms with Crippen LogP contribution in [-0.4, -0.2) is 35.5 Å². The highest BCUT2D eigenvalue weighted by molar-refractivity contribution is 5.79. The van der Waals surface area contributed by atoms with E-state index in [2.05, 4.69) is 10.6 Å². The largest absolute Gasteiger partial charge is 0.481 e. The fourth-order valence-corrected chi connectivity index (χ4v) is 1.56. The van der Waals surface area contributed by atoms with Crippen LogP contribution >= 0.6 is 0 Å². The maximum Gasteiger partial charge on any atom is 0.303 e. The van der Waals surface area contributed by atoms with Crippen molar-refractivity contribution >= 4 is 17.8 Å². The molecule has 1 heterocycles. The third kappa shape index (κ3) is 4.77. The molecule has 0 aromatic heterocycles. The average molecular weight is 228 g/mol. The SMILES string of the molecule is O=C(O)CCCC(=O)NCC1CCC(=O)N1. The van der Waals surface area contributed by atoms with Gasteiger partial charge in [-0.3, -0.25) is 14.4 Å². The fourth-order valence-electron chi connectivity index (χ4n) is 1.56. The number of carboxylic acids is 1. The third-order valence-electron chi connectivity index (χ3n) is 2.43. The number of carbonyl (C=O) groups excluding carboxylic acids is 2. The van der Waals surface area contributed by atoms with Crippen molar-refractivity contribution < 1.29 is 19.5 Å². The van der Waals surface area contributed by atoms with Crippen molar-refractivity contribution in [3.8, 4) is 0 Å². The zero-order valence-electron chi connectivity index (χ0n) is 8.99. The molecule has 0 radical (unpaired) electrons. The summed E-state index contributed by atoms with van der Waals surface area (Å²) in [4.78, 5) is 32.3. The second kappa shape index (κ2) is 6.09. The number of hydrogen-bond acceptors (Lipinski definition) is 3. The lowest BCUT2D eigenvalue weighted by Crippen LogP contribution is -2.38. The summed E-state index contributed by atoms with van der Waals surface area (Å²) in [6.07, 6.45) is 1.83. The van der Waals surface area contributed by atoms with Gasteiger partial charge in [0.1, 0.15) is 0 Å². The molecule has 90 valence electrons. The second-order valence-corrected chi connectivity index (χ2v) is 3.85. The lowest BCUT2D eigenvalue weighted by atomic mass is 10.2. The molecule has 6 heteroatoms. The first-order valence-electron chi connectivity index (χ1n) is 5.36. The van der Waals surface area contributed by atoms with Crippen molar-refractivity contribution in [1.82, 2.24) is 10.6 Å². The standard InChI is InChI=1S/C10H16N2O4/c13-8(2-1-3-10(15)16)11-6-7-4-5-9(14)12-7/h7H,1-6H2,(H,11,13)(H,12,14)(H,15,16). The molecule has 0 aromatic carbocycles. The van der Waals surface area contributed by atoms with Crippen LogP contribution in [-0.2, 0) is 14.4 Å². The Hall–Kier alpha value is -1.59. The highest BCUT2D eigenvalue weighted by Gasteiger charge is 2.20. The number of hydrogen-bond donors (Lipinski definition) is 3. The predicted octanol–water partition coefficient (Wildman–Crippen LogP) is -0.364. The Morgan fingerprint density at radius 1 is 1.44 bits per heavy atom. The summed E-state index contributed by atoms with van der Waals surface area (Å²) in [7, 11) is 0. The summed E-state index contributed by atoms with van der Waals surface area (Å²) in [5.74, 6) is -1.04. The van der Waals surface area contributed by atoms with Crippen LogP contribution in [0.5, 0.6) is 0 Å². The molecule has 16 heavy (non-hydrogen) atoms. The monoisotopic (exact) mass is 228 g/mol.